The van der Waals surface area contributed by atoms with Crippen molar-refractivity contribution >= 4 is 0 Å². The zero-order valence-electron chi connectivity index (χ0n) is 15.0. The summed E-state index contributed by atoms with van der Waals surface area (Å²) in [5.41, 5.74) is 4.08. The van der Waals surface area contributed by atoms with Gasteiger partial charge in [-0.2, -0.15) is 0 Å². The van der Waals surface area contributed by atoms with E-state index in [4.69, 9.17) is 9.15 Å². The third kappa shape index (κ3) is 3.64. The highest BCUT2D eigenvalue weighted by molar-refractivity contribution is 5.32. The molecule has 0 aromatic carbocycles. The van der Waals surface area contributed by atoms with E-state index < -0.39 is 0 Å². The molecule has 1 aliphatic carbocycles. The Morgan fingerprint density at radius 1 is 1.36 bits per heavy atom. The normalized spacial score (nSPS) is 23.9. The van der Waals surface area contributed by atoms with Gasteiger partial charge in [-0.1, -0.05) is 12.5 Å². The minimum Gasteiger partial charge on any atom is -0.464 e. The molecule has 2 rings (SSSR count). The average Bonchev–Trinajstić information content (AvgIpc) is 2.81. The largest absolute Gasteiger partial charge is 0.464 e. The lowest BCUT2D eigenvalue weighted by Gasteiger charge is -2.38. The van der Waals surface area contributed by atoms with E-state index in [0.717, 1.165) is 43.8 Å². The molecule has 1 N–H and O–H groups in total. The van der Waals surface area contributed by atoms with Gasteiger partial charge in [-0.25, -0.2) is 0 Å². The molecule has 0 fully saturated rings. The van der Waals surface area contributed by atoms with Crippen LogP contribution in [0, 0.1) is 13.8 Å². The Balaban J connectivity index is 2.26. The lowest BCUT2D eigenvalue weighted by Crippen LogP contribution is -2.35. The standard InChI is InChI=1S/C19H31NO2/c1-7-10-21-19(5)9-8-13(2)16(12-19)18(20-6)17-11-14(3)15(4)22-17/h11,18,20H,7-10,12H2,1-6H3. The fourth-order valence-corrected chi connectivity index (χ4v) is 3.31. The van der Waals surface area contributed by atoms with Gasteiger partial charge in [0.25, 0.3) is 0 Å². The Bertz CT molecular complexity index is 524. The number of likely N-dealkylation sites (N-methyl/N-ethyl adjacent to an activating group) is 1. The summed E-state index contributed by atoms with van der Waals surface area (Å²) in [6.07, 6.45) is 4.25. The van der Waals surface area contributed by atoms with Crippen molar-refractivity contribution in [3.63, 3.8) is 0 Å². The molecular formula is C19H31NO2. The predicted molar refractivity (Wildman–Crippen MR) is 91.2 cm³/mol. The Hall–Kier alpha value is -1.06. The topological polar surface area (TPSA) is 34.4 Å². The van der Waals surface area contributed by atoms with Gasteiger partial charge in [0, 0.05) is 6.61 Å². The molecule has 3 nitrogen and oxygen atoms in total. The molecule has 0 saturated carbocycles. The third-order valence-corrected chi connectivity index (χ3v) is 4.90. The summed E-state index contributed by atoms with van der Waals surface area (Å²) in [5.74, 6) is 2.03. The molecule has 2 unspecified atom stereocenters. The summed E-state index contributed by atoms with van der Waals surface area (Å²) in [6.45, 7) is 11.6. The molecule has 1 aromatic heterocycles. The zero-order chi connectivity index (χ0) is 16.3. The number of hydrogen-bond acceptors (Lipinski definition) is 3. The number of rotatable bonds is 6. The Morgan fingerprint density at radius 3 is 2.64 bits per heavy atom. The first kappa shape index (κ1) is 17.3. The molecule has 0 aliphatic heterocycles. The second kappa shape index (κ2) is 7.01. The van der Waals surface area contributed by atoms with E-state index in [-0.39, 0.29) is 11.6 Å². The highest BCUT2D eigenvalue weighted by atomic mass is 16.5. The summed E-state index contributed by atoms with van der Waals surface area (Å²) < 4.78 is 12.1. The maximum Gasteiger partial charge on any atom is 0.125 e. The van der Waals surface area contributed by atoms with Crippen molar-refractivity contribution in [1.82, 2.24) is 5.32 Å². The maximum atomic E-state index is 6.17. The number of furan rings is 1. The van der Waals surface area contributed by atoms with Gasteiger partial charge < -0.3 is 14.5 Å². The summed E-state index contributed by atoms with van der Waals surface area (Å²) in [4.78, 5) is 0. The quantitative estimate of drug-likeness (QED) is 0.763. The third-order valence-electron chi connectivity index (χ3n) is 4.90. The van der Waals surface area contributed by atoms with Crippen molar-refractivity contribution in [3.05, 3.63) is 34.3 Å². The SMILES string of the molecule is CCCOC1(C)CCC(C)=C(C(NC)c2cc(C)c(C)o2)C1. The molecule has 1 heterocycles. The molecule has 0 bridgehead atoms. The van der Waals surface area contributed by atoms with E-state index >= 15 is 0 Å². The molecule has 1 aromatic rings. The van der Waals surface area contributed by atoms with Gasteiger partial charge in [0.1, 0.15) is 11.5 Å². The molecule has 0 spiro atoms. The minimum atomic E-state index is -0.0450. The summed E-state index contributed by atoms with van der Waals surface area (Å²) in [5, 5.41) is 3.45. The van der Waals surface area contributed by atoms with Crippen LogP contribution in [0.25, 0.3) is 0 Å². The first-order valence-corrected chi connectivity index (χ1v) is 8.47. The minimum absolute atomic E-state index is 0.0450. The lowest BCUT2D eigenvalue weighted by molar-refractivity contribution is -0.0418. The maximum absolute atomic E-state index is 6.17. The van der Waals surface area contributed by atoms with Crippen LogP contribution in [0.15, 0.2) is 21.6 Å². The van der Waals surface area contributed by atoms with Crippen LogP contribution in [0.4, 0.5) is 0 Å². The van der Waals surface area contributed by atoms with Crippen molar-refractivity contribution in [2.75, 3.05) is 13.7 Å². The Labute approximate surface area is 135 Å². The molecule has 0 saturated heterocycles. The van der Waals surface area contributed by atoms with Crippen LogP contribution in [0.2, 0.25) is 0 Å². The molecule has 0 amide bonds. The van der Waals surface area contributed by atoms with E-state index in [1.807, 2.05) is 14.0 Å². The van der Waals surface area contributed by atoms with Gasteiger partial charge in [0.05, 0.1) is 11.6 Å². The van der Waals surface area contributed by atoms with Crippen molar-refractivity contribution in [1.29, 1.82) is 0 Å². The fraction of sp³-hybridized carbons (Fsp3) is 0.684. The molecule has 22 heavy (non-hydrogen) atoms. The summed E-state index contributed by atoms with van der Waals surface area (Å²) in [6, 6.07) is 2.31. The fourth-order valence-electron chi connectivity index (χ4n) is 3.31. The summed E-state index contributed by atoms with van der Waals surface area (Å²) >= 11 is 0. The number of ether oxygens (including phenoxy) is 1. The Kier molecular flexibility index (Phi) is 5.51. The van der Waals surface area contributed by atoms with E-state index in [1.165, 1.54) is 16.7 Å². The van der Waals surface area contributed by atoms with Crippen LogP contribution in [0.3, 0.4) is 0 Å². The van der Waals surface area contributed by atoms with Crippen LogP contribution in [0.1, 0.15) is 69.6 Å². The number of allylic oxidation sites excluding steroid dienone is 1. The molecular weight excluding hydrogens is 274 g/mol. The summed E-state index contributed by atoms with van der Waals surface area (Å²) in [7, 11) is 2.01. The smallest absolute Gasteiger partial charge is 0.125 e. The second-order valence-corrected chi connectivity index (χ2v) is 6.89. The van der Waals surface area contributed by atoms with Crippen LogP contribution in [-0.2, 0) is 4.74 Å². The van der Waals surface area contributed by atoms with Gasteiger partial charge in [-0.05, 0) is 77.6 Å². The lowest BCUT2D eigenvalue weighted by atomic mass is 9.78. The number of hydrogen-bond donors (Lipinski definition) is 1. The van der Waals surface area contributed by atoms with Crippen molar-refractivity contribution < 1.29 is 9.15 Å². The number of aryl methyl sites for hydroxylation is 2. The zero-order valence-corrected chi connectivity index (χ0v) is 15.0. The van der Waals surface area contributed by atoms with E-state index in [9.17, 15) is 0 Å². The first-order valence-electron chi connectivity index (χ1n) is 8.47. The van der Waals surface area contributed by atoms with Crippen LogP contribution in [-0.4, -0.2) is 19.3 Å². The van der Waals surface area contributed by atoms with Gasteiger partial charge in [-0.3, -0.25) is 0 Å². The van der Waals surface area contributed by atoms with Gasteiger partial charge in [-0.15, -0.1) is 0 Å². The van der Waals surface area contributed by atoms with Gasteiger partial charge >= 0.3 is 0 Å². The highest BCUT2D eigenvalue weighted by Crippen LogP contribution is 2.41. The van der Waals surface area contributed by atoms with E-state index in [1.54, 1.807) is 0 Å². The van der Waals surface area contributed by atoms with Crippen molar-refractivity contribution in [2.45, 2.75) is 71.9 Å². The predicted octanol–water partition coefficient (Wildman–Crippen LogP) is 4.84. The number of nitrogens with one attached hydrogen (secondary N) is 1. The molecule has 0 radical (unpaired) electrons. The van der Waals surface area contributed by atoms with Crippen molar-refractivity contribution in [2.24, 2.45) is 0 Å². The molecule has 3 heteroatoms. The van der Waals surface area contributed by atoms with Gasteiger partial charge in [0.2, 0.25) is 0 Å². The molecule has 124 valence electrons. The van der Waals surface area contributed by atoms with E-state index in [0.29, 0.717) is 0 Å². The van der Waals surface area contributed by atoms with Gasteiger partial charge in [0.15, 0.2) is 0 Å². The monoisotopic (exact) mass is 305 g/mol. The van der Waals surface area contributed by atoms with Crippen LogP contribution in [0.5, 0.6) is 0 Å². The second-order valence-electron chi connectivity index (χ2n) is 6.89. The average molecular weight is 305 g/mol. The molecule has 2 atom stereocenters. The van der Waals surface area contributed by atoms with E-state index in [2.05, 4.69) is 39.1 Å². The Morgan fingerprint density at radius 2 is 2.09 bits per heavy atom. The highest BCUT2D eigenvalue weighted by Gasteiger charge is 2.34. The first-order chi connectivity index (χ1) is 10.4. The van der Waals surface area contributed by atoms with Crippen LogP contribution < -0.4 is 5.32 Å². The van der Waals surface area contributed by atoms with Crippen molar-refractivity contribution in [3.8, 4) is 0 Å². The molecule has 1 aliphatic rings. The van der Waals surface area contributed by atoms with Crippen LogP contribution >= 0.6 is 0 Å².